The fraction of sp³-hybridized carbons (Fsp3) is 0.857. The zero-order chi connectivity index (χ0) is 8.27. The van der Waals surface area contributed by atoms with Gasteiger partial charge in [0.25, 0.3) is 0 Å². The average molecular weight is 195 g/mol. The number of carboxylic acid groups (broad SMARTS) is 1. The van der Waals surface area contributed by atoms with Crippen LogP contribution in [0.2, 0.25) is 0 Å². The molecule has 0 aromatic rings. The zero-order valence-corrected chi connectivity index (χ0v) is 7.80. The fourth-order valence-electron chi connectivity index (χ4n) is 1.22. The number of rotatable bonds is 2. The number of morpholine rings is 1. The Morgan fingerprint density at radius 3 is 2.92 bits per heavy atom. The van der Waals surface area contributed by atoms with Crippen LogP contribution in [-0.4, -0.2) is 43.2 Å². The van der Waals surface area contributed by atoms with E-state index in [-0.39, 0.29) is 25.1 Å². The second-order valence-corrected chi connectivity index (χ2v) is 2.79. The Balaban J connectivity index is 0.00000121. The maximum Gasteiger partial charge on any atom is 0.0674 e. The van der Waals surface area contributed by atoms with Crippen LogP contribution in [-0.2, 0) is 9.53 Å². The summed E-state index contributed by atoms with van der Waals surface area (Å²) in [5, 5.41) is 10.2. The number of halogens is 1. The van der Waals surface area contributed by atoms with Crippen LogP contribution in [0, 0.1) is 0 Å². The van der Waals surface area contributed by atoms with Crippen LogP contribution in [0.3, 0.4) is 0 Å². The third kappa shape index (κ3) is 3.90. The predicted molar refractivity (Wildman–Crippen MR) is 44.1 cm³/mol. The van der Waals surface area contributed by atoms with Crippen LogP contribution in [0.5, 0.6) is 0 Å². The normalized spacial score (nSPS) is 24.6. The van der Waals surface area contributed by atoms with Crippen LogP contribution in [0.4, 0.5) is 0 Å². The minimum absolute atomic E-state index is 0. The van der Waals surface area contributed by atoms with Gasteiger partial charge in [0.2, 0.25) is 0 Å². The van der Waals surface area contributed by atoms with Crippen molar-refractivity contribution in [2.24, 2.45) is 0 Å². The van der Waals surface area contributed by atoms with E-state index in [0.717, 1.165) is 0 Å². The lowest BCUT2D eigenvalue weighted by molar-refractivity contribution is -0.306. The third-order valence-corrected chi connectivity index (χ3v) is 1.68. The molecule has 0 saturated carbocycles. The zero-order valence-electron chi connectivity index (χ0n) is 6.99. The average Bonchev–Trinajstić information content (AvgIpc) is 1.85. The van der Waals surface area contributed by atoms with E-state index in [2.05, 4.69) is 0 Å². The van der Waals surface area contributed by atoms with Gasteiger partial charge in [-0.05, 0) is 6.92 Å². The summed E-state index contributed by atoms with van der Waals surface area (Å²) in [6.45, 7) is 3.95. The maximum absolute atomic E-state index is 10.2. The van der Waals surface area contributed by atoms with Crippen LogP contribution in [0.25, 0.3) is 0 Å². The molecule has 1 rings (SSSR count). The fourth-order valence-corrected chi connectivity index (χ4v) is 1.22. The lowest BCUT2D eigenvalue weighted by atomic mass is 10.3. The SMILES string of the molecule is CC1CN(CC(=O)[O-])CCO1.Cl. The molecule has 0 aliphatic carbocycles. The van der Waals surface area contributed by atoms with Gasteiger partial charge in [0.1, 0.15) is 0 Å². The van der Waals surface area contributed by atoms with Crippen molar-refractivity contribution in [3.63, 3.8) is 0 Å². The highest BCUT2D eigenvalue weighted by Crippen LogP contribution is 2.02. The van der Waals surface area contributed by atoms with Crippen molar-refractivity contribution in [3.8, 4) is 0 Å². The second kappa shape index (κ2) is 5.35. The molecule has 1 aliphatic rings. The molecule has 0 aromatic carbocycles. The number of hydrogen-bond acceptors (Lipinski definition) is 4. The molecule has 12 heavy (non-hydrogen) atoms. The number of carbonyl (C=O) groups is 1. The number of aliphatic carboxylic acids is 1. The van der Waals surface area contributed by atoms with Gasteiger partial charge < -0.3 is 14.6 Å². The Kier molecular flexibility index (Phi) is 5.20. The number of nitrogens with zero attached hydrogens (tertiary/aromatic N) is 1. The molecule has 0 aromatic heterocycles. The molecule has 1 saturated heterocycles. The summed E-state index contributed by atoms with van der Waals surface area (Å²) >= 11 is 0. The summed E-state index contributed by atoms with van der Waals surface area (Å²) in [5.41, 5.74) is 0. The van der Waals surface area contributed by atoms with Crippen LogP contribution in [0.15, 0.2) is 0 Å². The Morgan fingerprint density at radius 1 is 1.75 bits per heavy atom. The van der Waals surface area contributed by atoms with E-state index in [1.165, 1.54) is 0 Å². The molecule has 1 aliphatic heterocycles. The van der Waals surface area contributed by atoms with E-state index in [1.54, 1.807) is 0 Å². The third-order valence-electron chi connectivity index (χ3n) is 1.68. The minimum atomic E-state index is -1.01. The van der Waals surface area contributed by atoms with Gasteiger partial charge in [0.15, 0.2) is 0 Å². The molecule has 72 valence electrons. The molecule has 1 fully saturated rings. The van der Waals surface area contributed by atoms with Crippen molar-refractivity contribution in [2.75, 3.05) is 26.2 Å². The van der Waals surface area contributed by atoms with Crippen molar-refractivity contribution in [1.82, 2.24) is 4.90 Å². The van der Waals surface area contributed by atoms with E-state index in [1.807, 2.05) is 11.8 Å². The molecule has 0 radical (unpaired) electrons. The quantitative estimate of drug-likeness (QED) is 0.559. The van der Waals surface area contributed by atoms with Gasteiger partial charge in [0.05, 0.1) is 18.7 Å². The van der Waals surface area contributed by atoms with Crippen LogP contribution in [0.1, 0.15) is 6.92 Å². The highest BCUT2D eigenvalue weighted by Gasteiger charge is 2.15. The van der Waals surface area contributed by atoms with Gasteiger partial charge in [-0.3, -0.25) is 4.90 Å². The van der Waals surface area contributed by atoms with Gasteiger partial charge in [-0.15, -0.1) is 12.4 Å². The first-order valence-corrected chi connectivity index (χ1v) is 3.72. The van der Waals surface area contributed by atoms with E-state index < -0.39 is 5.97 Å². The molecule has 0 N–H and O–H groups in total. The standard InChI is InChI=1S/C7H13NO3.ClH/c1-6-4-8(2-3-11-6)5-7(9)10;/h6H,2-5H2,1H3,(H,9,10);1H/p-1. The largest absolute Gasteiger partial charge is 0.549 e. The summed E-state index contributed by atoms with van der Waals surface area (Å²) in [5.74, 6) is -1.01. The van der Waals surface area contributed by atoms with Gasteiger partial charge in [-0.1, -0.05) is 0 Å². The number of carboxylic acids is 1. The Morgan fingerprint density at radius 2 is 2.42 bits per heavy atom. The first kappa shape index (κ1) is 11.7. The first-order valence-electron chi connectivity index (χ1n) is 3.72. The van der Waals surface area contributed by atoms with Crippen molar-refractivity contribution in [1.29, 1.82) is 0 Å². The molecule has 0 bridgehead atoms. The van der Waals surface area contributed by atoms with Crippen molar-refractivity contribution in [2.45, 2.75) is 13.0 Å². The highest BCUT2D eigenvalue weighted by molar-refractivity contribution is 5.85. The predicted octanol–water partition coefficient (Wildman–Crippen LogP) is -1.12. The Labute approximate surface area is 77.9 Å². The smallest absolute Gasteiger partial charge is 0.0674 e. The Hall–Kier alpha value is -0.320. The molecule has 1 atom stereocenters. The van der Waals surface area contributed by atoms with E-state index in [4.69, 9.17) is 4.74 Å². The van der Waals surface area contributed by atoms with E-state index in [0.29, 0.717) is 19.7 Å². The molecule has 1 unspecified atom stereocenters. The maximum atomic E-state index is 10.2. The lowest BCUT2D eigenvalue weighted by Gasteiger charge is -2.31. The summed E-state index contributed by atoms with van der Waals surface area (Å²) in [6.07, 6.45) is 0.142. The molecule has 1 heterocycles. The number of hydrogen-bond donors (Lipinski definition) is 0. The van der Waals surface area contributed by atoms with Gasteiger partial charge in [0, 0.05) is 19.6 Å². The highest BCUT2D eigenvalue weighted by atomic mass is 35.5. The van der Waals surface area contributed by atoms with E-state index >= 15 is 0 Å². The molecular formula is C7H13ClNO3-. The van der Waals surface area contributed by atoms with Gasteiger partial charge >= 0.3 is 0 Å². The van der Waals surface area contributed by atoms with Crippen LogP contribution >= 0.6 is 12.4 Å². The van der Waals surface area contributed by atoms with Crippen molar-refractivity contribution < 1.29 is 14.6 Å². The Bertz CT molecular complexity index is 154. The molecule has 4 nitrogen and oxygen atoms in total. The second-order valence-electron chi connectivity index (χ2n) is 2.79. The molecule has 0 amide bonds. The summed E-state index contributed by atoms with van der Waals surface area (Å²) < 4.78 is 5.23. The summed E-state index contributed by atoms with van der Waals surface area (Å²) in [4.78, 5) is 12.0. The van der Waals surface area contributed by atoms with Gasteiger partial charge in [-0.25, -0.2) is 0 Å². The van der Waals surface area contributed by atoms with Crippen LogP contribution < -0.4 is 5.11 Å². The molecule has 0 spiro atoms. The van der Waals surface area contributed by atoms with E-state index in [9.17, 15) is 9.90 Å². The minimum Gasteiger partial charge on any atom is -0.549 e. The first-order chi connectivity index (χ1) is 5.18. The number of ether oxygens (including phenoxy) is 1. The van der Waals surface area contributed by atoms with Crippen molar-refractivity contribution in [3.05, 3.63) is 0 Å². The molecular weight excluding hydrogens is 182 g/mol. The monoisotopic (exact) mass is 194 g/mol. The summed E-state index contributed by atoms with van der Waals surface area (Å²) in [7, 11) is 0. The van der Waals surface area contributed by atoms with Crippen molar-refractivity contribution >= 4 is 18.4 Å². The topological polar surface area (TPSA) is 52.6 Å². The molecule has 5 heteroatoms. The number of carbonyl (C=O) groups excluding carboxylic acids is 1. The lowest BCUT2D eigenvalue weighted by Crippen LogP contribution is -2.46. The summed E-state index contributed by atoms with van der Waals surface area (Å²) in [6, 6.07) is 0. The van der Waals surface area contributed by atoms with Gasteiger partial charge in [-0.2, -0.15) is 0 Å².